The normalized spacial score (nSPS) is 22.6. The molecule has 1 aliphatic rings. The Morgan fingerprint density at radius 3 is 3.18 bits per heavy atom. The lowest BCUT2D eigenvalue weighted by Crippen LogP contribution is -1.97. The van der Waals surface area contributed by atoms with Crippen molar-refractivity contribution in [1.29, 1.82) is 0 Å². The Hall–Kier alpha value is -0.890. The lowest BCUT2D eigenvalue weighted by atomic mass is 10.2. The highest BCUT2D eigenvalue weighted by Crippen LogP contribution is 2.02. The van der Waals surface area contributed by atoms with E-state index in [2.05, 4.69) is 16.6 Å². The Kier molecular flexibility index (Phi) is 3.05. The smallest absolute Gasteiger partial charge is 0.0767 e. The molecule has 0 spiro atoms. The largest absolute Gasteiger partial charge is 0.291 e. The van der Waals surface area contributed by atoms with Crippen molar-refractivity contribution in [2.45, 2.75) is 6.42 Å². The second-order valence-electron chi connectivity index (χ2n) is 2.12. The van der Waals surface area contributed by atoms with E-state index >= 15 is 0 Å². The molecular formula is C8H9ClN2. The van der Waals surface area contributed by atoms with Crippen LogP contribution in [0.2, 0.25) is 0 Å². The van der Waals surface area contributed by atoms with Crippen molar-refractivity contribution < 1.29 is 0 Å². The Labute approximate surface area is 71.0 Å². The van der Waals surface area contributed by atoms with Crippen LogP contribution in [0.4, 0.5) is 0 Å². The van der Waals surface area contributed by atoms with Crippen LogP contribution in [-0.4, -0.2) is 18.5 Å². The minimum atomic E-state index is 0.559. The van der Waals surface area contributed by atoms with Gasteiger partial charge in [-0.2, -0.15) is 0 Å². The first-order valence-corrected chi connectivity index (χ1v) is 3.75. The maximum Gasteiger partial charge on any atom is 0.0767 e. The highest BCUT2D eigenvalue weighted by Gasteiger charge is 1.95. The maximum absolute atomic E-state index is 5.69. The summed E-state index contributed by atoms with van der Waals surface area (Å²) in [6, 6.07) is 0. The van der Waals surface area contributed by atoms with Crippen LogP contribution < -0.4 is 0 Å². The van der Waals surface area contributed by atoms with Gasteiger partial charge in [-0.1, -0.05) is 18.2 Å². The van der Waals surface area contributed by atoms with E-state index in [0.29, 0.717) is 5.03 Å². The van der Waals surface area contributed by atoms with E-state index in [9.17, 15) is 0 Å². The first-order valence-electron chi connectivity index (χ1n) is 3.37. The van der Waals surface area contributed by atoms with E-state index < -0.39 is 0 Å². The molecule has 11 heavy (non-hydrogen) atoms. The van der Waals surface area contributed by atoms with Gasteiger partial charge >= 0.3 is 0 Å². The third-order valence-electron chi connectivity index (χ3n) is 1.30. The summed E-state index contributed by atoms with van der Waals surface area (Å²) in [5.74, 6) is 0. The fourth-order valence-corrected chi connectivity index (χ4v) is 0.846. The predicted molar refractivity (Wildman–Crippen MR) is 49.5 cm³/mol. The number of hydrogen-bond donors (Lipinski definition) is 0. The average Bonchev–Trinajstić information content (AvgIpc) is 1.98. The van der Waals surface area contributed by atoms with Gasteiger partial charge in [0, 0.05) is 31.1 Å². The van der Waals surface area contributed by atoms with Crippen LogP contribution in [0, 0.1) is 0 Å². The van der Waals surface area contributed by atoms with E-state index in [-0.39, 0.29) is 0 Å². The minimum Gasteiger partial charge on any atom is -0.291 e. The highest BCUT2D eigenvalue weighted by molar-refractivity contribution is 6.39. The molecule has 0 N–H and O–H groups in total. The summed E-state index contributed by atoms with van der Waals surface area (Å²) in [6.45, 7) is 4.36. The van der Waals surface area contributed by atoms with Crippen molar-refractivity contribution in [3.63, 3.8) is 0 Å². The van der Waals surface area contributed by atoms with Crippen LogP contribution in [-0.2, 0) is 0 Å². The first-order chi connectivity index (χ1) is 5.33. The van der Waals surface area contributed by atoms with Gasteiger partial charge in [-0.15, -0.1) is 0 Å². The molecule has 0 aromatic heterocycles. The van der Waals surface area contributed by atoms with Crippen LogP contribution >= 0.6 is 11.6 Å². The van der Waals surface area contributed by atoms with Gasteiger partial charge in [-0.05, 0) is 6.08 Å². The molecule has 0 amide bonds. The quantitative estimate of drug-likeness (QED) is 0.574. The van der Waals surface area contributed by atoms with Gasteiger partial charge in [0.25, 0.3) is 0 Å². The van der Waals surface area contributed by atoms with Crippen LogP contribution in [0.15, 0.2) is 33.9 Å². The number of rotatable bonds is 1. The topological polar surface area (TPSA) is 24.7 Å². The number of allylic oxidation sites excluding steroid dienone is 2. The molecule has 0 fully saturated rings. The van der Waals surface area contributed by atoms with E-state index in [1.165, 1.54) is 0 Å². The van der Waals surface area contributed by atoms with Crippen LogP contribution in [0.1, 0.15) is 6.42 Å². The third-order valence-corrected chi connectivity index (χ3v) is 1.50. The molecule has 2 nitrogen and oxygen atoms in total. The fourth-order valence-electron chi connectivity index (χ4n) is 0.728. The summed E-state index contributed by atoms with van der Waals surface area (Å²) < 4.78 is 0. The predicted octanol–water partition coefficient (Wildman–Crippen LogP) is 2.17. The molecule has 1 heterocycles. The zero-order chi connectivity index (χ0) is 8.10. The minimum absolute atomic E-state index is 0.559. The molecule has 3 heteroatoms. The molecule has 0 bridgehead atoms. The Balaban J connectivity index is 2.80. The van der Waals surface area contributed by atoms with Gasteiger partial charge in [0.15, 0.2) is 0 Å². The van der Waals surface area contributed by atoms with Gasteiger partial charge in [0.05, 0.1) is 5.03 Å². The van der Waals surface area contributed by atoms with E-state index in [1.54, 1.807) is 18.5 Å². The van der Waals surface area contributed by atoms with Crippen molar-refractivity contribution in [2.75, 3.05) is 6.54 Å². The van der Waals surface area contributed by atoms with Crippen molar-refractivity contribution in [1.82, 2.24) is 0 Å². The van der Waals surface area contributed by atoms with Crippen LogP contribution in [0.25, 0.3) is 0 Å². The molecule has 0 atom stereocenters. The summed E-state index contributed by atoms with van der Waals surface area (Å²) in [5.41, 5.74) is 0.931. The SMILES string of the molecule is C=CC1=N/C=C(/Cl)C=NCC1. The number of aliphatic imine (C=N–C) groups is 2. The third kappa shape index (κ3) is 2.68. The van der Waals surface area contributed by atoms with Crippen molar-refractivity contribution >= 4 is 23.5 Å². The molecule has 0 aliphatic carbocycles. The van der Waals surface area contributed by atoms with E-state index in [1.807, 2.05) is 0 Å². The van der Waals surface area contributed by atoms with Crippen LogP contribution in [0.3, 0.4) is 0 Å². The van der Waals surface area contributed by atoms with E-state index in [4.69, 9.17) is 11.6 Å². The fraction of sp³-hybridized carbons (Fsp3) is 0.250. The van der Waals surface area contributed by atoms with Gasteiger partial charge in [0.2, 0.25) is 0 Å². The molecular weight excluding hydrogens is 160 g/mol. The Morgan fingerprint density at radius 2 is 2.45 bits per heavy atom. The van der Waals surface area contributed by atoms with E-state index in [0.717, 1.165) is 18.7 Å². The number of hydrogen-bond acceptors (Lipinski definition) is 2. The lowest BCUT2D eigenvalue weighted by Gasteiger charge is -1.98. The standard InChI is InChI=1S/C8H9ClN2/c1-2-8-3-4-10-5-7(9)6-11-8/h2,5-6H,1,3-4H2/b7-6+,10-5?,11-8?. The molecule has 0 aromatic carbocycles. The van der Waals surface area contributed by atoms with Crippen molar-refractivity contribution in [2.24, 2.45) is 9.98 Å². The van der Waals surface area contributed by atoms with Gasteiger partial charge in [0.1, 0.15) is 0 Å². The molecule has 58 valence electrons. The summed E-state index contributed by atoms with van der Waals surface area (Å²) in [7, 11) is 0. The molecule has 1 rings (SSSR count). The Bertz CT molecular complexity index is 238. The molecule has 0 aromatic rings. The molecule has 1 aliphatic heterocycles. The monoisotopic (exact) mass is 168 g/mol. The van der Waals surface area contributed by atoms with Crippen LogP contribution in [0.5, 0.6) is 0 Å². The summed E-state index contributed by atoms with van der Waals surface area (Å²) >= 11 is 5.69. The maximum atomic E-state index is 5.69. The second-order valence-corrected chi connectivity index (χ2v) is 2.56. The molecule has 0 radical (unpaired) electrons. The Morgan fingerprint density at radius 1 is 1.64 bits per heavy atom. The first kappa shape index (κ1) is 8.21. The van der Waals surface area contributed by atoms with Gasteiger partial charge < -0.3 is 0 Å². The number of halogens is 1. The average molecular weight is 169 g/mol. The summed E-state index contributed by atoms with van der Waals surface area (Å²) in [5, 5.41) is 0.559. The zero-order valence-electron chi connectivity index (χ0n) is 6.13. The molecule has 0 saturated heterocycles. The lowest BCUT2D eigenvalue weighted by molar-refractivity contribution is 1.05. The van der Waals surface area contributed by atoms with Crippen molar-refractivity contribution in [3.05, 3.63) is 23.9 Å². The highest BCUT2D eigenvalue weighted by atomic mass is 35.5. The molecule has 0 unspecified atom stereocenters. The summed E-state index contributed by atoms with van der Waals surface area (Å²) in [4.78, 5) is 8.15. The second kappa shape index (κ2) is 4.09. The van der Waals surface area contributed by atoms with Gasteiger partial charge in [-0.3, -0.25) is 9.98 Å². The zero-order valence-corrected chi connectivity index (χ0v) is 6.88. The molecule has 0 saturated carbocycles. The van der Waals surface area contributed by atoms with Crippen molar-refractivity contribution in [3.8, 4) is 0 Å². The number of nitrogens with zero attached hydrogens (tertiary/aromatic N) is 2. The van der Waals surface area contributed by atoms with Gasteiger partial charge in [-0.25, -0.2) is 0 Å². The summed E-state index contributed by atoms with van der Waals surface area (Å²) in [6.07, 6.45) is 5.76.